The van der Waals surface area contributed by atoms with Crippen LogP contribution in [0.15, 0.2) is 60.8 Å². The van der Waals surface area contributed by atoms with Crippen LogP contribution in [-0.4, -0.2) is 35.9 Å². The summed E-state index contributed by atoms with van der Waals surface area (Å²) in [6, 6.07) is 18.1. The lowest BCUT2D eigenvalue weighted by atomic mass is 9.93. The number of carbonyl (C=O) groups is 1. The van der Waals surface area contributed by atoms with Gasteiger partial charge in [0.25, 0.3) is 5.91 Å². The molecule has 1 saturated heterocycles. The molecule has 26 heavy (non-hydrogen) atoms. The molecule has 1 N–H and O–H groups in total. The number of nitrogens with zero attached hydrogens (tertiary/aromatic N) is 2. The predicted molar refractivity (Wildman–Crippen MR) is 104 cm³/mol. The monoisotopic (exact) mass is 345 g/mol. The van der Waals surface area contributed by atoms with E-state index >= 15 is 0 Å². The maximum atomic E-state index is 13.1. The third-order valence-electron chi connectivity index (χ3n) is 5.16. The first-order chi connectivity index (χ1) is 12.7. The van der Waals surface area contributed by atoms with Crippen LogP contribution in [0.2, 0.25) is 0 Å². The van der Waals surface area contributed by atoms with E-state index in [1.807, 2.05) is 43.4 Å². The molecule has 1 aromatic heterocycles. The van der Waals surface area contributed by atoms with Gasteiger partial charge in [-0.3, -0.25) is 9.78 Å². The molecule has 0 unspecified atom stereocenters. The normalized spacial score (nSPS) is 16.7. The van der Waals surface area contributed by atoms with Crippen molar-refractivity contribution in [3.8, 4) is 0 Å². The number of rotatable bonds is 4. The zero-order valence-corrected chi connectivity index (χ0v) is 15.0. The van der Waals surface area contributed by atoms with Crippen LogP contribution in [0.3, 0.4) is 0 Å². The summed E-state index contributed by atoms with van der Waals surface area (Å²) in [6.45, 7) is 2.51. The number of pyridine rings is 1. The zero-order chi connectivity index (χ0) is 17.9. The minimum atomic E-state index is 0.0698. The summed E-state index contributed by atoms with van der Waals surface area (Å²) in [5.41, 5.74) is 4.00. The molecule has 0 spiro atoms. The summed E-state index contributed by atoms with van der Waals surface area (Å²) >= 11 is 0. The van der Waals surface area contributed by atoms with Gasteiger partial charge in [-0.05, 0) is 42.1 Å². The van der Waals surface area contributed by atoms with Crippen LogP contribution in [0, 0.1) is 0 Å². The van der Waals surface area contributed by atoms with E-state index in [1.165, 1.54) is 0 Å². The van der Waals surface area contributed by atoms with Gasteiger partial charge in [-0.2, -0.15) is 0 Å². The third-order valence-corrected chi connectivity index (χ3v) is 5.16. The maximum absolute atomic E-state index is 13.1. The van der Waals surface area contributed by atoms with Gasteiger partial charge >= 0.3 is 0 Å². The van der Waals surface area contributed by atoms with Crippen molar-refractivity contribution in [2.45, 2.75) is 18.9 Å². The molecule has 1 aliphatic rings. The van der Waals surface area contributed by atoms with Crippen LogP contribution >= 0.6 is 0 Å². The van der Waals surface area contributed by atoms with Crippen molar-refractivity contribution >= 4 is 16.8 Å². The number of aromatic nitrogens is 1. The summed E-state index contributed by atoms with van der Waals surface area (Å²) in [4.78, 5) is 19.4. The average molecular weight is 345 g/mol. The third kappa shape index (κ3) is 3.20. The summed E-state index contributed by atoms with van der Waals surface area (Å²) < 4.78 is 0. The number of carbonyl (C=O) groups excluding carboxylic acids is 1. The van der Waals surface area contributed by atoms with Crippen molar-refractivity contribution in [1.29, 1.82) is 0 Å². The second-order valence-corrected chi connectivity index (χ2v) is 6.93. The molecule has 0 aliphatic carbocycles. The van der Waals surface area contributed by atoms with E-state index in [-0.39, 0.29) is 5.91 Å². The largest absolute Gasteiger partial charge is 0.337 e. The van der Waals surface area contributed by atoms with Crippen molar-refractivity contribution in [2.75, 3.05) is 20.1 Å². The molecular formula is C22H23N3O. The first-order valence-electron chi connectivity index (χ1n) is 9.12. The van der Waals surface area contributed by atoms with E-state index in [0.29, 0.717) is 12.5 Å². The molecule has 4 rings (SSSR count). The van der Waals surface area contributed by atoms with Crippen molar-refractivity contribution < 1.29 is 4.79 Å². The molecule has 3 aromatic rings. The topological polar surface area (TPSA) is 45.2 Å². The molecule has 1 fully saturated rings. The van der Waals surface area contributed by atoms with Crippen LogP contribution in [-0.2, 0) is 6.54 Å². The van der Waals surface area contributed by atoms with Crippen LogP contribution < -0.4 is 5.32 Å². The minimum absolute atomic E-state index is 0.0698. The molecule has 132 valence electrons. The first kappa shape index (κ1) is 16.7. The van der Waals surface area contributed by atoms with Gasteiger partial charge in [-0.1, -0.05) is 42.5 Å². The maximum Gasteiger partial charge on any atom is 0.254 e. The Bertz CT molecular complexity index is 926. The highest BCUT2D eigenvalue weighted by Crippen LogP contribution is 2.27. The molecule has 0 saturated carbocycles. The van der Waals surface area contributed by atoms with Gasteiger partial charge in [-0.25, -0.2) is 0 Å². The lowest BCUT2D eigenvalue weighted by Crippen LogP contribution is -2.28. The Hall–Kier alpha value is -2.72. The van der Waals surface area contributed by atoms with Gasteiger partial charge in [0.15, 0.2) is 0 Å². The van der Waals surface area contributed by atoms with Gasteiger partial charge in [0, 0.05) is 37.3 Å². The standard InChI is InChI=1S/C22H23N3O/c1-25(15-18-7-4-6-16-8-5-12-24-21(16)18)22(26)20-10-3-2-9-19(20)17-11-13-23-14-17/h2-10,12,17,23H,11,13-15H2,1H3/t17-/m1/s1. The van der Waals surface area contributed by atoms with Crippen LogP contribution in [0.5, 0.6) is 0 Å². The van der Waals surface area contributed by atoms with Crippen LogP contribution in [0.25, 0.3) is 10.9 Å². The Morgan fingerprint density at radius 2 is 2.00 bits per heavy atom. The lowest BCUT2D eigenvalue weighted by molar-refractivity contribution is 0.0784. The highest BCUT2D eigenvalue weighted by molar-refractivity contribution is 5.96. The Morgan fingerprint density at radius 1 is 1.15 bits per heavy atom. The van der Waals surface area contributed by atoms with Crippen LogP contribution in [0.1, 0.15) is 33.8 Å². The second kappa shape index (κ2) is 7.26. The predicted octanol–water partition coefficient (Wildman–Crippen LogP) is 3.58. The van der Waals surface area contributed by atoms with Crippen LogP contribution in [0.4, 0.5) is 0 Å². The molecule has 1 aliphatic heterocycles. The number of para-hydroxylation sites is 1. The van der Waals surface area contributed by atoms with Crippen molar-refractivity contribution in [1.82, 2.24) is 15.2 Å². The molecule has 2 heterocycles. The molecule has 1 atom stereocenters. The highest BCUT2D eigenvalue weighted by atomic mass is 16.2. The highest BCUT2D eigenvalue weighted by Gasteiger charge is 2.23. The van der Waals surface area contributed by atoms with Gasteiger partial charge in [0.1, 0.15) is 0 Å². The van der Waals surface area contributed by atoms with E-state index in [9.17, 15) is 4.79 Å². The molecular weight excluding hydrogens is 322 g/mol. The van der Waals surface area contributed by atoms with Crippen molar-refractivity contribution in [2.24, 2.45) is 0 Å². The minimum Gasteiger partial charge on any atom is -0.337 e. The Kier molecular flexibility index (Phi) is 4.67. The first-order valence-corrected chi connectivity index (χ1v) is 9.12. The zero-order valence-electron chi connectivity index (χ0n) is 15.0. The Labute approximate surface area is 153 Å². The van der Waals surface area contributed by atoms with Gasteiger partial charge in [0.05, 0.1) is 5.52 Å². The number of benzene rings is 2. The fraction of sp³-hybridized carbons (Fsp3) is 0.273. The number of hydrogen-bond acceptors (Lipinski definition) is 3. The molecule has 1 amide bonds. The fourth-order valence-corrected chi connectivity index (χ4v) is 3.80. The summed E-state index contributed by atoms with van der Waals surface area (Å²) in [7, 11) is 1.87. The Balaban J connectivity index is 1.61. The van der Waals surface area contributed by atoms with Gasteiger partial charge in [-0.15, -0.1) is 0 Å². The number of nitrogens with one attached hydrogen (secondary N) is 1. The second-order valence-electron chi connectivity index (χ2n) is 6.93. The average Bonchev–Trinajstić information content (AvgIpc) is 3.22. The molecule has 2 aromatic carbocycles. The van der Waals surface area contributed by atoms with E-state index in [2.05, 4.69) is 28.5 Å². The molecule has 4 heteroatoms. The Morgan fingerprint density at radius 3 is 2.85 bits per heavy atom. The number of hydrogen-bond donors (Lipinski definition) is 1. The van der Waals surface area contributed by atoms with E-state index in [1.54, 1.807) is 11.1 Å². The molecule has 0 bridgehead atoms. The van der Waals surface area contributed by atoms with Gasteiger partial charge < -0.3 is 10.2 Å². The van der Waals surface area contributed by atoms with Crippen molar-refractivity contribution in [3.63, 3.8) is 0 Å². The summed E-state index contributed by atoms with van der Waals surface area (Å²) in [6.07, 6.45) is 2.89. The fourth-order valence-electron chi connectivity index (χ4n) is 3.80. The van der Waals surface area contributed by atoms with E-state index < -0.39 is 0 Å². The number of fused-ring (bicyclic) bond motifs is 1. The lowest BCUT2D eigenvalue weighted by Gasteiger charge is -2.21. The SMILES string of the molecule is CN(Cc1cccc2cccnc12)C(=O)c1ccccc1[C@@H]1CCNC1. The van der Waals surface area contributed by atoms with E-state index in [4.69, 9.17) is 0 Å². The summed E-state index contributed by atoms with van der Waals surface area (Å²) in [5.74, 6) is 0.489. The smallest absolute Gasteiger partial charge is 0.254 e. The summed E-state index contributed by atoms with van der Waals surface area (Å²) in [5, 5.41) is 4.49. The van der Waals surface area contributed by atoms with E-state index in [0.717, 1.165) is 47.1 Å². The quantitative estimate of drug-likeness (QED) is 0.786. The number of amides is 1. The van der Waals surface area contributed by atoms with Crippen molar-refractivity contribution in [3.05, 3.63) is 77.5 Å². The van der Waals surface area contributed by atoms with Gasteiger partial charge in [0.2, 0.25) is 0 Å². The molecule has 0 radical (unpaired) electrons. The molecule has 4 nitrogen and oxygen atoms in total.